The first kappa shape index (κ1) is 20.3. The molecule has 1 atom stereocenters. The van der Waals surface area contributed by atoms with Crippen LogP contribution in [-0.4, -0.2) is 53.9 Å². The van der Waals surface area contributed by atoms with E-state index in [9.17, 15) is 18.4 Å². The smallest absolute Gasteiger partial charge is 0.260 e. The molecule has 2 saturated heterocycles. The molecule has 0 aromatic heterocycles. The lowest BCUT2D eigenvalue weighted by molar-refractivity contribution is 0.0681. The second-order valence-corrected chi connectivity index (χ2v) is 7.73. The zero-order chi connectivity index (χ0) is 21.1. The van der Waals surface area contributed by atoms with Crippen molar-refractivity contribution in [3.05, 3.63) is 65.2 Å². The van der Waals surface area contributed by atoms with Gasteiger partial charge in [0.15, 0.2) is 0 Å². The molecule has 0 bridgehead atoms. The van der Waals surface area contributed by atoms with E-state index < -0.39 is 23.1 Å². The van der Waals surface area contributed by atoms with Gasteiger partial charge in [-0.15, -0.1) is 0 Å². The normalized spacial score (nSPS) is 18.7. The molecule has 5 nitrogen and oxygen atoms in total. The third-order valence-electron chi connectivity index (χ3n) is 5.75. The molecule has 0 saturated carbocycles. The average Bonchev–Trinajstić information content (AvgIpc) is 3.44. The van der Waals surface area contributed by atoms with Crippen LogP contribution in [0.4, 0.5) is 8.78 Å². The quantitative estimate of drug-likeness (QED) is 0.746. The summed E-state index contributed by atoms with van der Waals surface area (Å²) in [4.78, 5) is 28.4. The van der Waals surface area contributed by atoms with Crippen molar-refractivity contribution in [3.63, 3.8) is 0 Å². The highest BCUT2D eigenvalue weighted by molar-refractivity contribution is 5.95. The van der Waals surface area contributed by atoms with Crippen LogP contribution in [0.2, 0.25) is 0 Å². The van der Waals surface area contributed by atoms with E-state index in [4.69, 9.17) is 4.74 Å². The summed E-state index contributed by atoms with van der Waals surface area (Å²) in [6.07, 6.45) is 3.53. The van der Waals surface area contributed by atoms with E-state index in [0.29, 0.717) is 24.3 Å². The number of nitrogens with zero attached hydrogens (tertiary/aromatic N) is 2. The maximum Gasteiger partial charge on any atom is 0.260 e. The standard InChI is InChI=1S/C23H24F2N2O3/c24-19-6-3-7-20(25)21(19)23(29)27-14-4-5-17(27)15-30-18-10-8-16(9-11-18)22(28)26-12-1-2-13-26/h3,6-11,17H,1-2,4-5,12-15H2. The van der Waals surface area contributed by atoms with Gasteiger partial charge in [-0.1, -0.05) is 6.07 Å². The third kappa shape index (κ3) is 4.15. The fourth-order valence-electron chi connectivity index (χ4n) is 4.11. The van der Waals surface area contributed by atoms with Gasteiger partial charge in [-0.3, -0.25) is 9.59 Å². The molecular weight excluding hydrogens is 390 g/mol. The van der Waals surface area contributed by atoms with Crippen LogP contribution in [0.5, 0.6) is 5.75 Å². The SMILES string of the molecule is O=C(c1ccc(OCC2CCCN2C(=O)c2c(F)cccc2F)cc1)N1CCCC1. The van der Waals surface area contributed by atoms with Gasteiger partial charge in [0, 0.05) is 25.2 Å². The minimum Gasteiger partial charge on any atom is -0.491 e. The first-order valence-electron chi connectivity index (χ1n) is 10.3. The number of amides is 2. The van der Waals surface area contributed by atoms with Gasteiger partial charge in [-0.2, -0.15) is 0 Å². The van der Waals surface area contributed by atoms with E-state index in [-0.39, 0.29) is 18.6 Å². The summed E-state index contributed by atoms with van der Waals surface area (Å²) < 4.78 is 33.8. The van der Waals surface area contributed by atoms with Crippen molar-refractivity contribution in [3.8, 4) is 5.75 Å². The van der Waals surface area contributed by atoms with E-state index in [1.807, 2.05) is 4.90 Å². The number of halogens is 2. The largest absolute Gasteiger partial charge is 0.491 e. The number of benzene rings is 2. The van der Waals surface area contributed by atoms with Crippen LogP contribution in [0.15, 0.2) is 42.5 Å². The van der Waals surface area contributed by atoms with E-state index >= 15 is 0 Å². The molecule has 0 spiro atoms. The Bertz CT molecular complexity index is 906. The minimum absolute atomic E-state index is 0.0264. The van der Waals surface area contributed by atoms with Crippen LogP contribution in [0.1, 0.15) is 46.4 Å². The van der Waals surface area contributed by atoms with Gasteiger partial charge in [0.25, 0.3) is 11.8 Å². The van der Waals surface area contributed by atoms with Crippen LogP contribution in [0.25, 0.3) is 0 Å². The Morgan fingerprint density at radius 1 is 0.900 bits per heavy atom. The summed E-state index contributed by atoms with van der Waals surface area (Å²) in [6, 6.07) is 10.1. The summed E-state index contributed by atoms with van der Waals surface area (Å²) in [5.41, 5.74) is 0.103. The molecule has 158 valence electrons. The summed E-state index contributed by atoms with van der Waals surface area (Å²) in [6.45, 7) is 2.25. The van der Waals surface area contributed by atoms with Gasteiger partial charge in [-0.05, 0) is 62.1 Å². The molecule has 2 heterocycles. The second kappa shape index (κ2) is 8.81. The molecular formula is C23H24F2N2O3. The number of hydrogen-bond acceptors (Lipinski definition) is 3. The van der Waals surface area contributed by atoms with Gasteiger partial charge < -0.3 is 14.5 Å². The molecule has 30 heavy (non-hydrogen) atoms. The lowest BCUT2D eigenvalue weighted by Gasteiger charge is -2.25. The minimum atomic E-state index is -0.857. The predicted octanol–water partition coefficient (Wildman–Crippen LogP) is 3.88. The van der Waals surface area contributed by atoms with Gasteiger partial charge in [0.05, 0.1) is 6.04 Å². The zero-order valence-electron chi connectivity index (χ0n) is 16.7. The molecule has 0 radical (unpaired) electrons. The summed E-state index contributed by atoms with van der Waals surface area (Å²) in [5, 5.41) is 0. The predicted molar refractivity (Wildman–Crippen MR) is 107 cm³/mol. The average molecular weight is 414 g/mol. The molecule has 2 aliphatic rings. The molecule has 2 aromatic rings. The Labute approximate surface area is 174 Å². The molecule has 7 heteroatoms. The number of rotatable bonds is 5. The summed E-state index contributed by atoms with van der Waals surface area (Å²) in [7, 11) is 0. The first-order valence-corrected chi connectivity index (χ1v) is 10.3. The van der Waals surface area contributed by atoms with E-state index in [1.54, 1.807) is 24.3 Å². The molecule has 2 fully saturated rings. The third-order valence-corrected chi connectivity index (χ3v) is 5.75. The topological polar surface area (TPSA) is 49.9 Å². The van der Waals surface area contributed by atoms with Gasteiger partial charge in [0.2, 0.25) is 0 Å². The molecule has 0 N–H and O–H groups in total. The van der Waals surface area contributed by atoms with Gasteiger partial charge >= 0.3 is 0 Å². The summed E-state index contributed by atoms with van der Waals surface area (Å²) >= 11 is 0. The van der Waals surface area contributed by atoms with Crippen molar-refractivity contribution in [2.75, 3.05) is 26.2 Å². The van der Waals surface area contributed by atoms with Gasteiger partial charge in [0.1, 0.15) is 29.6 Å². The van der Waals surface area contributed by atoms with Crippen LogP contribution >= 0.6 is 0 Å². The molecule has 1 unspecified atom stereocenters. The number of carbonyl (C=O) groups excluding carboxylic acids is 2. The highest BCUT2D eigenvalue weighted by Crippen LogP contribution is 2.24. The number of carbonyl (C=O) groups is 2. The highest BCUT2D eigenvalue weighted by atomic mass is 19.1. The Balaban J connectivity index is 1.38. The van der Waals surface area contributed by atoms with Crippen LogP contribution in [0.3, 0.4) is 0 Å². The van der Waals surface area contributed by atoms with Crippen molar-refractivity contribution in [2.24, 2.45) is 0 Å². The van der Waals surface area contributed by atoms with Crippen LogP contribution < -0.4 is 4.74 Å². The Morgan fingerprint density at radius 2 is 1.57 bits per heavy atom. The van der Waals surface area contributed by atoms with Crippen molar-refractivity contribution >= 4 is 11.8 Å². The lowest BCUT2D eigenvalue weighted by Crippen LogP contribution is -2.39. The molecule has 2 aromatic carbocycles. The Kier molecular flexibility index (Phi) is 5.97. The van der Waals surface area contributed by atoms with E-state index in [2.05, 4.69) is 0 Å². The van der Waals surface area contributed by atoms with Crippen LogP contribution in [0, 0.1) is 11.6 Å². The second-order valence-electron chi connectivity index (χ2n) is 7.73. The highest BCUT2D eigenvalue weighted by Gasteiger charge is 2.32. The molecule has 2 aliphatic heterocycles. The Hall–Kier alpha value is -2.96. The fraction of sp³-hybridized carbons (Fsp3) is 0.391. The van der Waals surface area contributed by atoms with Crippen molar-refractivity contribution < 1.29 is 23.1 Å². The molecule has 0 aliphatic carbocycles. The summed E-state index contributed by atoms with van der Waals surface area (Å²) in [5.74, 6) is -1.75. The maximum atomic E-state index is 14.0. The molecule has 2 amide bonds. The van der Waals surface area contributed by atoms with Crippen molar-refractivity contribution in [1.82, 2.24) is 9.80 Å². The van der Waals surface area contributed by atoms with Crippen LogP contribution in [-0.2, 0) is 0 Å². The number of hydrogen-bond donors (Lipinski definition) is 0. The van der Waals surface area contributed by atoms with Crippen molar-refractivity contribution in [1.29, 1.82) is 0 Å². The fourth-order valence-corrected chi connectivity index (χ4v) is 4.11. The molecule has 4 rings (SSSR count). The lowest BCUT2D eigenvalue weighted by atomic mass is 10.1. The van der Waals surface area contributed by atoms with E-state index in [1.165, 1.54) is 11.0 Å². The van der Waals surface area contributed by atoms with Gasteiger partial charge in [-0.25, -0.2) is 8.78 Å². The monoisotopic (exact) mass is 414 g/mol. The maximum absolute atomic E-state index is 14.0. The number of ether oxygens (including phenoxy) is 1. The first-order chi connectivity index (χ1) is 14.5. The zero-order valence-corrected chi connectivity index (χ0v) is 16.7. The van der Waals surface area contributed by atoms with E-state index in [0.717, 1.165) is 44.5 Å². The van der Waals surface area contributed by atoms with Crippen molar-refractivity contribution in [2.45, 2.75) is 31.7 Å². The Morgan fingerprint density at radius 3 is 2.23 bits per heavy atom. The number of likely N-dealkylation sites (tertiary alicyclic amines) is 2.